The quantitative estimate of drug-likeness (QED) is 0.615. The summed E-state index contributed by atoms with van der Waals surface area (Å²) in [6.45, 7) is 2.47. The first kappa shape index (κ1) is 21.8. The number of hydrogen-bond donors (Lipinski definition) is 3. The lowest BCUT2D eigenvalue weighted by Crippen LogP contribution is -2.48. The minimum atomic E-state index is -3.75. The van der Waals surface area contributed by atoms with Crippen LogP contribution in [0.25, 0.3) is 0 Å². The van der Waals surface area contributed by atoms with Crippen molar-refractivity contribution in [3.8, 4) is 5.75 Å². The second-order valence-corrected chi connectivity index (χ2v) is 9.33. The molecule has 2 aromatic carbocycles. The van der Waals surface area contributed by atoms with Crippen LogP contribution in [-0.4, -0.2) is 28.1 Å². The van der Waals surface area contributed by atoms with Crippen LogP contribution in [0.5, 0.6) is 5.75 Å². The summed E-state index contributed by atoms with van der Waals surface area (Å²) in [6.07, 6.45) is 3.64. The molecule has 0 spiro atoms. The van der Waals surface area contributed by atoms with Gasteiger partial charge < -0.3 is 10.1 Å². The molecule has 7 heteroatoms. The van der Waals surface area contributed by atoms with E-state index in [2.05, 4.69) is 41.2 Å². The van der Waals surface area contributed by atoms with E-state index in [1.165, 1.54) is 5.56 Å². The standard InChI is InChI=1S/C22H31N3O3S/c1-17(18-7-4-3-5-8-18)25-20-11-13-22(14-12-20,16-24-29(23,26)27)19-9-6-10-21(15-19)28-2/h3-10,15,17,20,24-25H,11-14,16H2,1-2H3,(H2,23,26,27)/t17?,20-,22-. The fourth-order valence-electron chi connectivity index (χ4n) is 4.29. The van der Waals surface area contributed by atoms with Crippen LogP contribution in [0.1, 0.15) is 49.8 Å². The first-order valence-electron chi connectivity index (χ1n) is 10.0. The number of benzene rings is 2. The average molecular weight is 418 g/mol. The summed E-state index contributed by atoms with van der Waals surface area (Å²) in [7, 11) is -2.11. The van der Waals surface area contributed by atoms with Crippen molar-refractivity contribution in [2.24, 2.45) is 5.14 Å². The summed E-state index contributed by atoms with van der Waals surface area (Å²) < 4.78 is 31.1. The van der Waals surface area contributed by atoms with E-state index >= 15 is 0 Å². The molecule has 1 fully saturated rings. The monoisotopic (exact) mass is 417 g/mol. The summed E-state index contributed by atoms with van der Waals surface area (Å²) in [5.74, 6) is 0.774. The molecular weight excluding hydrogens is 386 g/mol. The minimum absolute atomic E-state index is 0.271. The molecule has 158 valence electrons. The van der Waals surface area contributed by atoms with Crippen LogP contribution in [-0.2, 0) is 15.6 Å². The van der Waals surface area contributed by atoms with Gasteiger partial charge >= 0.3 is 0 Å². The highest BCUT2D eigenvalue weighted by molar-refractivity contribution is 7.87. The Morgan fingerprint density at radius 3 is 2.45 bits per heavy atom. The van der Waals surface area contributed by atoms with Crippen molar-refractivity contribution in [1.82, 2.24) is 10.0 Å². The first-order valence-corrected chi connectivity index (χ1v) is 11.6. The van der Waals surface area contributed by atoms with Gasteiger partial charge in [0.05, 0.1) is 7.11 Å². The lowest BCUT2D eigenvalue weighted by atomic mass is 9.68. The average Bonchev–Trinajstić information content (AvgIpc) is 2.73. The Morgan fingerprint density at radius 1 is 1.14 bits per heavy atom. The summed E-state index contributed by atoms with van der Waals surface area (Å²) in [4.78, 5) is 0. The van der Waals surface area contributed by atoms with Gasteiger partial charge in [0.25, 0.3) is 10.2 Å². The van der Waals surface area contributed by atoms with Crippen molar-refractivity contribution in [3.05, 3.63) is 65.7 Å². The normalized spacial score (nSPS) is 23.5. The van der Waals surface area contributed by atoms with Gasteiger partial charge in [-0.25, -0.2) is 9.86 Å². The van der Waals surface area contributed by atoms with Crippen LogP contribution in [0.3, 0.4) is 0 Å². The maximum atomic E-state index is 11.6. The third kappa shape index (κ3) is 5.79. The van der Waals surface area contributed by atoms with Crippen LogP contribution in [0.4, 0.5) is 0 Å². The van der Waals surface area contributed by atoms with Crippen molar-refractivity contribution in [3.63, 3.8) is 0 Å². The summed E-state index contributed by atoms with van der Waals surface area (Å²) in [6, 6.07) is 19.0. The van der Waals surface area contributed by atoms with Gasteiger partial charge in [0.2, 0.25) is 0 Å². The Balaban J connectivity index is 1.73. The van der Waals surface area contributed by atoms with Gasteiger partial charge in [0, 0.05) is 24.0 Å². The van der Waals surface area contributed by atoms with Crippen molar-refractivity contribution in [2.45, 2.75) is 50.1 Å². The molecule has 4 N–H and O–H groups in total. The molecule has 1 aliphatic rings. The van der Waals surface area contributed by atoms with E-state index in [-0.39, 0.29) is 11.5 Å². The SMILES string of the molecule is COc1cccc([C@]2(CNS(N)(=O)=O)CC[C@@H](NC(C)c3ccccc3)CC2)c1. The van der Waals surface area contributed by atoms with Crippen LogP contribution in [0, 0.1) is 0 Å². The number of methoxy groups -OCH3 is 1. The van der Waals surface area contributed by atoms with Gasteiger partial charge in [0.1, 0.15) is 5.75 Å². The van der Waals surface area contributed by atoms with E-state index in [9.17, 15) is 8.42 Å². The molecule has 0 radical (unpaired) electrons. The second-order valence-electron chi connectivity index (χ2n) is 7.95. The molecular formula is C22H31N3O3S. The molecule has 0 saturated heterocycles. The molecule has 1 saturated carbocycles. The van der Waals surface area contributed by atoms with Crippen LogP contribution < -0.4 is 19.9 Å². The van der Waals surface area contributed by atoms with E-state index in [0.29, 0.717) is 12.6 Å². The predicted molar refractivity (Wildman–Crippen MR) is 116 cm³/mol. The van der Waals surface area contributed by atoms with E-state index in [0.717, 1.165) is 37.0 Å². The van der Waals surface area contributed by atoms with Crippen LogP contribution in [0.2, 0.25) is 0 Å². The molecule has 0 amide bonds. The third-order valence-corrected chi connectivity index (χ3v) is 6.57. The van der Waals surface area contributed by atoms with E-state index in [1.54, 1.807) is 7.11 Å². The van der Waals surface area contributed by atoms with Crippen molar-refractivity contribution in [2.75, 3.05) is 13.7 Å². The zero-order chi connectivity index (χ0) is 20.9. The van der Waals surface area contributed by atoms with Gasteiger partial charge in [-0.3, -0.25) is 0 Å². The van der Waals surface area contributed by atoms with Gasteiger partial charge in [-0.15, -0.1) is 0 Å². The number of nitrogens with one attached hydrogen (secondary N) is 2. The van der Waals surface area contributed by atoms with Crippen molar-refractivity contribution in [1.29, 1.82) is 0 Å². The van der Waals surface area contributed by atoms with Gasteiger partial charge in [-0.05, 0) is 55.9 Å². The summed E-state index contributed by atoms with van der Waals surface area (Å²) in [5.41, 5.74) is 2.06. The third-order valence-electron chi connectivity index (χ3n) is 6.02. The molecule has 0 heterocycles. The topological polar surface area (TPSA) is 93.4 Å². The Hall–Kier alpha value is -1.93. The second kappa shape index (κ2) is 9.26. The maximum absolute atomic E-state index is 11.6. The highest BCUT2D eigenvalue weighted by atomic mass is 32.2. The number of nitrogens with two attached hydrogens (primary N) is 1. The fourth-order valence-corrected chi connectivity index (χ4v) is 4.77. The summed E-state index contributed by atoms with van der Waals surface area (Å²) >= 11 is 0. The predicted octanol–water partition coefficient (Wildman–Crippen LogP) is 3.02. The minimum Gasteiger partial charge on any atom is -0.497 e. The van der Waals surface area contributed by atoms with Gasteiger partial charge in [0.15, 0.2) is 0 Å². The molecule has 1 unspecified atom stereocenters. The molecule has 0 aromatic heterocycles. The molecule has 0 bridgehead atoms. The molecule has 3 rings (SSSR count). The zero-order valence-corrected chi connectivity index (χ0v) is 17.9. The van der Waals surface area contributed by atoms with Crippen molar-refractivity contribution < 1.29 is 13.2 Å². The Bertz CT molecular complexity index is 895. The molecule has 1 aliphatic carbocycles. The molecule has 1 atom stereocenters. The smallest absolute Gasteiger partial charge is 0.274 e. The molecule has 0 aliphatic heterocycles. The Kier molecular flexibility index (Phi) is 6.95. The highest BCUT2D eigenvalue weighted by Crippen LogP contribution is 2.40. The first-order chi connectivity index (χ1) is 13.8. The maximum Gasteiger partial charge on any atom is 0.274 e. The lowest BCUT2D eigenvalue weighted by molar-refractivity contribution is 0.237. The molecule has 6 nitrogen and oxygen atoms in total. The van der Waals surface area contributed by atoms with Gasteiger partial charge in [-0.1, -0.05) is 42.5 Å². The van der Waals surface area contributed by atoms with E-state index in [4.69, 9.17) is 9.88 Å². The highest BCUT2D eigenvalue weighted by Gasteiger charge is 2.38. The summed E-state index contributed by atoms with van der Waals surface area (Å²) in [5, 5.41) is 8.96. The fraction of sp³-hybridized carbons (Fsp3) is 0.455. The molecule has 29 heavy (non-hydrogen) atoms. The van der Waals surface area contributed by atoms with Crippen LogP contribution >= 0.6 is 0 Å². The van der Waals surface area contributed by atoms with E-state index in [1.807, 2.05) is 30.3 Å². The lowest BCUT2D eigenvalue weighted by Gasteiger charge is -2.41. The zero-order valence-electron chi connectivity index (χ0n) is 17.1. The Morgan fingerprint density at radius 2 is 1.83 bits per heavy atom. The largest absolute Gasteiger partial charge is 0.497 e. The Labute approximate surface area is 174 Å². The van der Waals surface area contributed by atoms with Crippen molar-refractivity contribution >= 4 is 10.2 Å². The van der Waals surface area contributed by atoms with Gasteiger partial charge in [-0.2, -0.15) is 8.42 Å². The molecule has 2 aromatic rings. The number of ether oxygens (including phenoxy) is 1. The van der Waals surface area contributed by atoms with Crippen LogP contribution in [0.15, 0.2) is 54.6 Å². The number of rotatable bonds is 8. The number of hydrogen-bond acceptors (Lipinski definition) is 4. The van der Waals surface area contributed by atoms with E-state index < -0.39 is 10.2 Å².